The van der Waals surface area contributed by atoms with E-state index in [9.17, 15) is 9.59 Å². The molecule has 0 aliphatic heterocycles. The quantitative estimate of drug-likeness (QED) is 0.506. The highest BCUT2D eigenvalue weighted by atomic mass is 16.7. The lowest BCUT2D eigenvalue weighted by molar-refractivity contribution is -0.151. The molecule has 0 saturated heterocycles. The number of carbonyl (C=O) groups excluding carboxylic acids is 2. The maximum atomic E-state index is 12.0. The largest absolute Gasteiger partial charge is 0.494 e. The number of esters is 1. The number of amides is 1. The van der Waals surface area contributed by atoms with Gasteiger partial charge in [-0.2, -0.15) is 0 Å². The van der Waals surface area contributed by atoms with E-state index in [0.29, 0.717) is 18.0 Å². The van der Waals surface area contributed by atoms with Crippen LogP contribution in [-0.2, 0) is 19.2 Å². The van der Waals surface area contributed by atoms with Crippen molar-refractivity contribution >= 4 is 23.3 Å². The highest BCUT2D eigenvalue weighted by molar-refractivity contribution is 6.08. The van der Waals surface area contributed by atoms with Crippen LogP contribution in [-0.4, -0.2) is 37.4 Å². The zero-order valence-corrected chi connectivity index (χ0v) is 17.7. The molecule has 2 aliphatic rings. The van der Waals surface area contributed by atoms with E-state index < -0.39 is 18.5 Å². The van der Waals surface area contributed by atoms with E-state index in [-0.39, 0.29) is 18.4 Å². The van der Waals surface area contributed by atoms with Gasteiger partial charge in [0.05, 0.1) is 12.3 Å². The molecule has 2 aliphatic carbocycles. The normalized spacial score (nSPS) is 19.2. The van der Waals surface area contributed by atoms with Crippen LogP contribution < -0.4 is 10.1 Å². The summed E-state index contributed by atoms with van der Waals surface area (Å²) >= 11 is 0. The molecule has 0 aromatic heterocycles. The maximum Gasteiger partial charge on any atom is 0.347 e. The van der Waals surface area contributed by atoms with E-state index >= 15 is 0 Å². The molecule has 2 aromatic rings. The predicted molar refractivity (Wildman–Crippen MR) is 121 cm³/mol. The molecule has 0 spiro atoms. The topological polar surface area (TPSA) is 86.2 Å². The first-order valence-electron chi connectivity index (χ1n) is 10.5. The molecule has 2 atom stereocenters. The maximum absolute atomic E-state index is 12.0. The number of hydrogen-bond donors (Lipinski definition) is 1. The Labute approximate surface area is 186 Å². The zero-order valence-electron chi connectivity index (χ0n) is 17.7. The Bertz CT molecular complexity index is 1070. The number of carbonyl (C=O) groups is 2. The van der Waals surface area contributed by atoms with E-state index in [4.69, 9.17) is 14.3 Å². The first-order chi connectivity index (χ1) is 15.7. The molecule has 0 heterocycles. The highest BCUT2D eigenvalue weighted by Gasteiger charge is 2.36. The number of allylic oxidation sites excluding steroid dienone is 4. The molecule has 32 heavy (non-hydrogen) atoms. The van der Waals surface area contributed by atoms with Gasteiger partial charge in [0.1, 0.15) is 5.75 Å². The molecular weight excluding hydrogens is 408 g/mol. The molecule has 1 N–H and O–H groups in total. The van der Waals surface area contributed by atoms with Gasteiger partial charge in [-0.3, -0.25) is 4.79 Å². The summed E-state index contributed by atoms with van der Waals surface area (Å²) in [4.78, 5) is 29.3. The minimum Gasteiger partial charge on any atom is -0.494 e. The number of hydrogen-bond acceptors (Lipinski definition) is 6. The van der Waals surface area contributed by atoms with Gasteiger partial charge in [-0.15, -0.1) is 0 Å². The second kappa shape index (κ2) is 9.96. The minimum absolute atomic E-state index is 0.0771. The van der Waals surface area contributed by atoms with E-state index in [1.54, 1.807) is 24.3 Å². The van der Waals surface area contributed by atoms with Crippen LogP contribution in [0.15, 0.2) is 78.0 Å². The number of nitrogens with one attached hydrogen (secondary N) is 1. The van der Waals surface area contributed by atoms with Crippen LogP contribution in [0.25, 0.3) is 0 Å². The van der Waals surface area contributed by atoms with E-state index in [1.165, 1.54) is 5.56 Å². The van der Waals surface area contributed by atoms with E-state index in [1.807, 2.05) is 37.3 Å². The molecule has 164 valence electrons. The molecule has 0 radical (unpaired) electrons. The molecule has 0 fully saturated rings. The second-order valence-corrected chi connectivity index (χ2v) is 7.32. The Kier molecular flexibility index (Phi) is 6.65. The Morgan fingerprint density at radius 3 is 2.50 bits per heavy atom. The standard InChI is InChI=1S/C25H24N2O5/c1-2-30-18-13-11-17(12-14-18)26-23(28)15-31-24(29)16-32-27-25-21-9-5-3-7-19(21)20-8-4-6-10-22(20)25/h3-14,19,21H,2,15-16H2,1H3,(H,26,28)/b27-25+. The summed E-state index contributed by atoms with van der Waals surface area (Å²) in [6.07, 6.45) is 8.23. The molecular formula is C25H24N2O5. The molecule has 2 aromatic carbocycles. The smallest absolute Gasteiger partial charge is 0.347 e. The van der Waals surface area contributed by atoms with Gasteiger partial charge < -0.3 is 19.6 Å². The van der Waals surface area contributed by atoms with Crippen molar-refractivity contribution in [1.82, 2.24) is 0 Å². The minimum atomic E-state index is -0.668. The highest BCUT2D eigenvalue weighted by Crippen LogP contribution is 2.41. The van der Waals surface area contributed by atoms with Crippen LogP contribution in [0.4, 0.5) is 5.69 Å². The number of ether oxygens (including phenoxy) is 2. The van der Waals surface area contributed by atoms with Crippen molar-refractivity contribution in [2.45, 2.75) is 12.8 Å². The Balaban J connectivity index is 1.26. The van der Waals surface area contributed by atoms with Gasteiger partial charge in [0.2, 0.25) is 6.61 Å². The van der Waals surface area contributed by atoms with Gasteiger partial charge in [0.15, 0.2) is 6.61 Å². The number of benzene rings is 2. The van der Waals surface area contributed by atoms with Gasteiger partial charge in [-0.1, -0.05) is 53.7 Å². The van der Waals surface area contributed by atoms with Gasteiger partial charge in [0.25, 0.3) is 5.91 Å². The van der Waals surface area contributed by atoms with Crippen molar-refractivity contribution in [1.29, 1.82) is 0 Å². The summed E-state index contributed by atoms with van der Waals surface area (Å²) in [5, 5.41) is 6.88. The summed E-state index contributed by atoms with van der Waals surface area (Å²) in [6.45, 7) is 1.68. The van der Waals surface area contributed by atoms with Crippen LogP contribution >= 0.6 is 0 Å². The van der Waals surface area contributed by atoms with Crippen molar-refractivity contribution in [3.05, 3.63) is 84.0 Å². The van der Waals surface area contributed by atoms with Crippen molar-refractivity contribution in [3.63, 3.8) is 0 Å². The first-order valence-corrected chi connectivity index (χ1v) is 10.5. The fraction of sp³-hybridized carbons (Fsp3) is 0.240. The number of anilines is 1. The van der Waals surface area contributed by atoms with Gasteiger partial charge in [-0.05, 0) is 36.8 Å². The lowest BCUT2D eigenvalue weighted by atomic mass is 9.88. The monoisotopic (exact) mass is 432 g/mol. The molecule has 2 unspecified atom stereocenters. The van der Waals surface area contributed by atoms with Crippen LogP contribution in [0.2, 0.25) is 0 Å². The Morgan fingerprint density at radius 2 is 1.72 bits per heavy atom. The van der Waals surface area contributed by atoms with Crippen LogP contribution in [0.3, 0.4) is 0 Å². The molecule has 0 saturated carbocycles. The van der Waals surface area contributed by atoms with Crippen molar-refractivity contribution in [2.24, 2.45) is 11.1 Å². The average molecular weight is 432 g/mol. The summed E-state index contributed by atoms with van der Waals surface area (Å²) < 4.78 is 10.3. The fourth-order valence-electron chi connectivity index (χ4n) is 3.82. The second-order valence-electron chi connectivity index (χ2n) is 7.32. The van der Waals surface area contributed by atoms with Crippen LogP contribution in [0.5, 0.6) is 5.75 Å². The first kappa shape index (κ1) is 21.4. The molecule has 7 nitrogen and oxygen atoms in total. The molecule has 7 heteroatoms. The Hall–Kier alpha value is -3.87. The van der Waals surface area contributed by atoms with E-state index in [2.05, 4.69) is 28.7 Å². The van der Waals surface area contributed by atoms with Crippen molar-refractivity contribution in [2.75, 3.05) is 25.1 Å². The number of rotatable bonds is 8. The van der Waals surface area contributed by atoms with Crippen molar-refractivity contribution < 1.29 is 23.9 Å². The zero-order chi connectivity index (χ0) is 22.3. The molecule has 4 rings (SSSR count). The average Bonchev–Trinajstić information content (AvgIpc) is 3.13. The van der Waals surface area contributed by atoms with Gasteiger partial charge >= 0.3 is 5.97 Å². The number of oxime groups is 1. The molecule has 0 bridgehead atoms. The predicted octanol–water partition coefficient (Wildman–Crippen LogP) is 3.83. The third-order valence-electron chi connectivity index (χ3n) is 5.21. The lowest BCUT2D eigenvalue weighted by Crippen LogP contribution is -2.22. The summed E-state index contributed by atoms with van der Waals surface area (Å²) in [7, 11) is 0. The third-order valence-corrected chi connectivity index (χ3v) is 5.21. The van der Waals surface area contributed by atoms with E-state index in [0.717, 1.165) is 11.3 Å². The van der Waals surface area contributed by atoms with Crippen LogP contribution in [0.1, 0.15) is 24.0 Å². The lowest BCUT2D eigenvalue weighted by Gasteiger charge is -2.15. The van der Waals surface area contributed by atoms with Gasteiger partial charge in [0, 0.05) is 23.1 Å². The summed E-state index contributed by atoms with van der Waals surface area (Å²) in [5.74, 6) is -0.102. The van der Waals surface area contributed by atoms with Crippen molar-refractivity contribution in [3.8, 4) is 5.75 Å². The SMILES string of the molecule is CCOc1ccc(NC(=O)COC(=O)CO/N=C2/c3ccccc3C3C=CC=CC23)cc1. The van der Waals surface area contributed by atoms with Crippen LogP contribution in [0, 0.1) is 5.92 Å². The fourth-order valence-corrected chi connectivity index (χ4v) is 3.82. The molecule has 1 amide bonds. The Morgan fingerprint density at radius 1 is 0.969 bits per heavy atom. The number of fused-ring (bicyclic) bond motifs is 3. The van der Waals surface area contributed by atoms with Gasteiger partial charge in [-0.25, -0.2) is 4.79 Å². The third kappa shape index (κ3) is 4.88. The summed E-state index contributed by atoms with van der Waals surface area (Å²) in [5.41, 5.74) is 3.57. The number of nitrogens with zero attached hydrogens (tertiary/aromatic N) is 1. The summed E-state index contributed by atoms with van der Waals surface area (Å²) in [6, 6.07) is 15.0.